The van der Waals surface area contributed by atoms with E-state index in [0.717, 1.165) is 31.7 Å². The Balaban J connectivity index is 1.79. The smallest absolute Gasteiger partial charge is 0.253 e. The first-order chi connectivity index (χ1) is 10.5. The molecule has 0 spiro atoms. The van der Waals surface area contributed by atoms with E-state index in [1.807, 2.05) is 0 Å². The second kappa shape index (κ2) is 5.99. The lowest BCUT2D eigenvalue weighted by atomic mass is 9.87. The molecule has 0 radical (unpaired) electrons. The van der Waals surface area contributed by atoms with Crippen molar-refractivity contribution in [1.82, 2.24) is 10.3 Å². The first-order valence-corrected chi connectivity index (χ1v) is 7.58. The minimum absolute atomic E-state index is 0.0736. The van der Waals surface area contributed by atoms with Gasteiger partial charge in [-0.1, -0.05) is 6.92 Å². The van der Waals surface area contributed by atoms with E-state index < -0.39 is 11.6 Å². The van der Waals surface area contributed by atoms with Gasteiger partial charge in [-0.05, 0) is 43.7 Å². The summed E-state index contributed by atoms with van der Waals surface area (Å²) in [6.45, 7) is 2.22. The van der Waals surface area contributed by atoms with Crippen molar-refractivity contribution in [3.8, 4) is 0 Å². The fourth-order valence-corrected chi connectivity index (χ4v) is 2.97. The summed E-state index contributed by atoms with van der Waals surface area (Å²) in [6, 6.07) is 3.63. The molecule has 1 heterocycles. The van der Waals surface area contributed by atoms with E-state index in [4.69, 9.17) is 0 Å². The van der Waals surface area contributed by atoms with Crippen LogP contribution >= 0.6 is 0 Å². The average molecular weight is 304 g/mol. The normalized spacial score (nSPS) is 21.8. The number of pyridine rings is 1. The number of hydrogen-bond acceptors (Lipinski definition) is 2. The van der Waals surface area contributed by atoms with Gasteiger partial charge in [0.15, 0.2) is 5.82 Å². The molecule has 0 bridgehead atoms. The van der Waals surface area contributed by atoms with Gasteiger partial charge in [0.2, 0.25) is 0 Å². The molecule has 1 aromatic carbocycles. The van der Waals surface area contributed by atoms with Gasteiger partial charge in [-0.25, -0.2) is 8.78 Å². The van der Waals surface area contributed by atoms with E-state index in [1.54, 1.807) is 0 Å². The number of fused-ring (bicyclic) bond motifs is 1. The van der Waals surface area contributed by atoms with Gasteiger partial charge in [-0.15, -0.1) is 0 Å². The predicted octanol–water partition coefficient (Wildman–Crippen LogP) is 3.82. The molecule has 0 aliphatic heterocycles. The highest BCUT2D eigenvalue weighted by Crippen LogP contribution is 2.24. The first kappa shape index (κ1) is 14.9. The molecule has 1 amide bonds. The molecule has 2 aromatic rings. The molecule has 1 N–H and O–H groups in total. The van der Waals surface area contributed by atoms with Crippen LogP contribution in [0.1, 0.15) is 43.0 Å². The molecule has 1 saturated carbocycles. The minimum atomic E-state index is -0.719. The summed E-state index contributed by atoms with van der Waals surface area (Å²) in [5, 5.41) is 3.28. The fraction of sp³-hybridized carbons (Fsp3) is 0.412. The average Bonchev–Trinajstić information content (AvgIpc) is 2.48. The van der Waals surface area contributed by atoms with Gasteiger partial charge in [0.1, 0.15) is 11.3 Å². The van der Waals surface area contributed by atoms with Crippen LogP contribution in [0.15, 0.2) is 24.4 Å². The Bertz CT molecular complexity index is 709. The Morgan fingerprint density at radius 2 is 1.91 bits per heavy atom. The van der Waals surface area contributed by atoms with Crippen molar-refractivity contribution in [2.24, 2.45) is 5.92 Å². The number of nitrogens with zero attached hydrogens (tertiary/aromatic N) is 1. The van der Waals surface area contributed by atoms with E-state index >= 15 is 0 Å². The van der Waals surface area contributed by atoms with E-state index in [1.165, 1.54) is 18.3 Å². The molecule has 22 heavy (non-hydrogen) atoms. The molecule has 5 heteroatoms. The van der Waals surface area contributed by atoms with Gasteiger partial charge < -0.3 is 5.32 Å². The number of benzene rings is 1. The number of halogens is 2. The third-order valence-corrected chi connectivity index (χ3v) is 4.31. The predicted molar refractivity (Wildman–Crippen MR) is 80.5 cm³/mol. The van der Waals surface area contributed by atoms with Gasteiger partial charge in [0.25, 0.3) is 5.91 Å². The van der Waals surface area contributed by atoms with Crippen LogP contribution in [-0.2, 0) is 0 Å². The maximum absolute atomic E-state index is 13.6. The van der Waals surface area contributed by atoms with Crippen molar-refractivity contribution in [1.29, 1.82) is 0 Å². The topological polar surface area (TPSA) is 42.0 Å². The van der Waals surface area contributed by atoms with Crippen LogP contribution in [0.25, 0.3) is 10.9 Å². The maximum atomic E-state index is 13.6. The molecule has 1 fully saturated rings. The van der Waals surface area contributed by atoms with E-state index in [2.05, 4.69) is 17.2 Å². The Morgan fingerprint density at radius 3 is 2.64 bits per heavy atom. The van der Waals surface area contributed by atoms with Gasteiger partial charge in [-0.2, -0.15) is 0 Å². The molecule has 1 aromatic heterocycles. The van der Waals surface area contributed by atoms with Gasteiger partial charge >= 0.3 is 0 Å². The molecule has 1 aliphatic rings. The van der Waals surface area contributed by atoms with Crippen LogP contribution < -0.4 is 5.32 Å². The second-order valence-electron chi connectivity index (χ2n) is 6.11. The summed E-state index contributed by atoms with van der Waals surface area (Å²) in [7, 11) is 0. The molecule has 0 unspecified atom stereocenters. The number of carbonyl (C=O) groups excluding carboxylic acids is 1. The monoisotopic (exact) mass is 304 g/mol. The standard InChI is InChI=1S/C17H18F2N2O/c1-10-2-4-14(5-3-10)21-17(22)12-6-11-7-13(18)8-15(19)16(11)20-9-12/h6-10,14H,2-5H2,1H3,(H,21,22)/t10-,14-. The summed E-state index contributed by atoms with van der Waals surface area (Å²) in [5.41, 5.74) is 0.403. The molecule has 0 saturated heterocycles. The van der Waals surface area contributed by atoms with Crippen molar-refractivity contribution in [3.63, 3.8) is 0 Å². The van der Waals surface area contributed by atoms with Crippen LogP contribution in [-0.4, -0.2) is 16.9 Å². The van der Waals surface area contributed by atoms with Crippen molar-refractivity contribution < 1.29 is 13.6 Å². The Labute approximate surface area is 127 Å². The lowest BCUT2D eigenvalue weighted by molar-refractivity contribution is 0.0923. The van der Waals surface area contributed by atoms with Crippen molar-refractivity contribution in [2.45, 2.75) is 38.6 Å². The zero-order chi connectivity index (χ0) is 15.7. The van der Waals surface area contributed by atoms with E-state index in [-0.39, 0.29) is 17.5 Å². The molecule has 3 rings (SSSR count). The minimum Gasteiger partial charge on any atom is -0.349 e. The number of amides is 1. The highest BCUT2D eigenvalue weighted by molar-refractivity contribution is 5.97. The summed E-state index contributed by atoms with van der Waals surface area (Å²) in [5.74, 6) is -0.922. The SMILES string of the molecule is C[C@H]1CC[C@H](NC(=O)c2cnc3c(F)cc(F)cc3c2)CC1. The van der Waals surface area contributed by atoms with Crippen LogP contribution in [0.2, 0.25) is 0 Å². The highest BCUT2D eigenvalue weighted by atomic mass is 19.1. The Morgan fingerprint density at radius 1 is 1.18 bits per heavy atom. The fourth-order valence-electron chi connectivity index (χ4n) is 2.97. The molecule has 1 aliphatic carbocycles. The van der Waals surface area contributed by atoms with Gasteiger partial charge in [0.05, 0.1) is 5.56 Å². The molecule has 3 nitrogen and oxygen atoms in total. The molecule has 116 valence electrons. The summed E-state index contributed by atoms with van der Waals surface area (Å²) in [4.78, 5) is 16.2. The van der Waals surface area contributed by atoms with Crippen molar-refractivity contribution in [3.05, 3.63) is 41.6 Å². The lowest BCUT2D eigenvalue weighted by Crippen LogP contribution is -2.37. The molecular formula is C17H18F2N2O. The largest absolute Gasteiger partial charge is 0.349 e. The Hall–Kier alpha value is -2.04. The van der Waals surface area contributed by atoms with Crippen molar-refractivity contribution in [2.75, 3.05) is 0 Å². The quantitative estimate of drug-likeness (QED) is 0.916. The zero-order valence-corrected chi connectivity index (χ0v) is 12.4. The number of aromatic nitrogens is 1. The van der Waals surface area contributed by atoms with Gasteiger partial charge in [-0.3, -0.25) is 9.78 Å². The summed E-state index contributed by atoms with van der Waals surface area (Å²) in [6.07, 6.45) is 5.49. The maximum Gasteiger partial charge on any atom is 0.253 e. The zero-order valence-electron chi connectivity index (χ0n) is 12.4. The van der Waals surface area contributed by atoms with Gasteiger partial charge in [0, 0.05) is 23.7 Å². The third-order valence-electron chi connectivity index (χ3n) is 4.31. The van der Waals surface area contributed by atoms with Crippen LogP contribution in [0.3, 0.4) is 0 Å². The number of nitrogens with one attached hydrogen (secondary N) is 1. The van der Waals surface area contributed by atoms with Crippen LogP contribution in [0.5, 0.6) is 0 Å². The Kier molecular flexibility index (Phi) is 4.05. The van der Waals surface area contributed by atoms with Crippen LogP contribution in [0.4, 0.5) is 8.78 Å². The van der Waals surface area contributed by atoms with E-state index in [0.29, 0.717) is 16.9 Å². The number of hydrogen-bond donors (Lipinski definition) is 1. The second-order valence-corrected chi connectivity index (χ2v) is 6.11. The lowest BCUT2D eigenvalue weighted by Gasteiger charge is -2.26. The molecule has 0 atom stereocenters. The highest BCUT2D eigenvalue weighted by Gasteiger charge is 2.20. The first-order valence-electron chi connectivity index (χ1n) is 7.58. The summed E-state index contributed by atoms with van der Waals surface area (Å²) >= 11 is 0. The molecular weight excluding hydrogens is 286 g/mol. The number of carbonyl (C=O) groups is 1. The van der Waals surface area contributed by atoms with Crippen molar-refractivity contribution >= 4 is 16.8 Å². The summed E-state index contributed by atoms with van der Waals surface area (Å²) < 4.78 is 26.9. The van der Waals surface area contributed by atoms with Crippen LogP contribution in [0, 0.1) is 17.6 Å². The third kappa shape index (κ3) is 3.08. The van der Waals surface area contributed by atoms with E-state index in [9.17, 15) is 13.6 Å². The number of rotatable bonds is 2.